The number of fused-ring (bicyclic) bond motifs is 17. The van der Waals surface area contributed by atoms with Crippen molar-refractivity contribution in [3.63, 3.8) is 0 Å². The largest absolute Gasteiger partial charge is 0.247 e. The maximum Gasteiger partial charge on any atom is 0.0744 e. The van der Waals surface area contributed by atoms with Crippen molar-refractivity contribution in [3.8, 4) is 44.6 Å². The minimum absolute atomic E-state index is 0.423. The Kier molecular flexibility index (Phi) is 6.98. The van der Waals surface area contributed by atoms with Crippen molar-refractivity contribution in [1.82, 2.24) is 4.98 Å². The monoisotopic (exact) mass is 735 g/mol. The molecule has 0 saturated heterocycles. The topological polar surface area (TPSA) is 12.9 Å². The highest BCUT2D eigenvalue weighted by atomic mass is 14.7. The Morgan fingerprint density at radius 1 is 0.448 bits per heavy atom. The summed E-state index contributed by atoms with van der Waals surface area (Å²) in [4.78, 5) is 5.34. The summed E-state index contributed by atoms with van der Waals surface area (Å²) in [6.45, 7) is 6.04. The second-order valence-electron chi connectivity index (χ2n) is 15.9. The molecule has 0 bridgehead atoms. The minimum Gasteiger partial charge on any atom is -0.247 e. The molecule has 0 atom stereocenters. The summed E-state index contributed by atoms with van der Waals surface area (Å²) in [5.41, 5.74) is 18.0. The maximum atomic E-state index is 5.34. The lowest BCUT2D eigenvalue weighted by molar-refractivity contribution is 0.794. The van der Waals surface area contributed by atoms with Gasteiger partial charge in [-0.15, -0.1) is 0 Å². The van der Waals surface area contributed by atoms with Gasteiger partial charge in [0, 0.05) is 10.9 Å². The van der Waals surface area contributed by atoms with Crippen molar-refractivity contribution in [2.24, 2.45) is 0 Å². The van der Waals surface area contributed by atoms with Crippen molar-refractivity contribution >= 4 is 49.3 Å². The van der Waals surface area contributed by atoms with E-state index >= 15 is 0 Å². The molecule has 10 aromatic rings. The Morgan fingerprint density at radius 2 is 0.948 bits per heavy atom. The van der Waals surface area contributed by atoms with E-state index in [1.54, 1.807) is 0 Å². The molecular weight excluding hydrogens is 699 g/mol. The first-order valence-electron chi connectivity index (χ1n) is 20.2. The van der Waals surface area contributed by atoms with Gasteiger partial charge in [0.25, 0.3) is 0 Å². The molecule has 2 aliphatic rings. The summed E-state index contributed by atoms with van der Waals surface area (Å²) < 4.78 is 0. The molecule has 2 aliphatic carbocycles. The molecule has 0 unspecified atom stereocenters. The van der Waals surface area contributed by atoms with Gasteiger partial charge in [-0.2, -0.15) is 0 Å². The second-order valence-corrected chi connectivity index (χ2v) is 15.9. The fraction of sp³-hybridized carbons (Fsp3) is 0.0351. The van der Waals surface area contributed by atoms with Gasteiger partial charge in [0.05, 0.1) is 16.6 Å². The summed E-state index contributed by atoms with van der Waals surface area (Å²) in [5, 5.41) is 8.88. The quantitative estimate of drug-likeness (QED) is 0.130. The van der Waals surface area contributed by atoms with Crippen LogP contribution in [0, 0.1) is 6.92 Å². The molecular formula is C57H37N. The van der Waals surface area contributed by atoms with E-state index < -0.39 is 5.41 Å². The van der Waals surface area contributed by atoms with Gasteiger partial charge in [-0.25, -0.2) is 4.98 Å². The molecule has 1 nitrogen and oxygen atoms in total. The zero-order valence-electron chi connectivity index (χ0n) is 32.1. The number of pyridine rings is 1. The number of allylic oxidation sites excluding steroid dienone is 2. The van der Waals surface area contributed by atoms with Crippen LogP contribution in [-0.2, 0) is 5.41 Å². The number of rotatable bonds is 4. The van der Waals surface area contributed by atoms with Gasteiger partial charge in [0.15, 0.2) is 0 Å². The van der Waals surface area contributed by atoms with E-state index in [9.17, 15) is 0 Å². The smallest absolute Gasteiger partial charge is 0.0744 e. The first-order chi connectivity index (χ1) is 28.6. The Morgan fingerprint density at radius 3 is 1.60 bits per heavy atom. The summed E-state index contributed by atoms with van der Waals surface area (Å²) >= 11 is 0. The average Bonchev–Trinajstić information content (AvgIpc) is 3.75. The zero-order chi connectivity index (χ0) is 38.5. The Balaban J connectivity index is 1.10. The molecule has 1 spiro atoms. The van der Waals surface area contributed by atoms with Gasteiger partial charge in [0.2, 0.25) is 0 Å². The normalized spacial score (nSPS) is 13.4. The van der Waals surface area contributed by atoms with Crippen LogP contribution in [-0.4, -0.2) is 4.98 Å². The van der Waals surface area contributed by atoms with Crippen LogP contribution in [0.4, 0.5) is 0 Å². The van der Waals surface area contributed by atoms with Crippen LogP contribution in [0.1, 0.15) is 33.4 Å². The molecule has 0 radical (unpaired) electrons. The zero-order valence-corrected chi connectivity index (χ0v) is 32.1. The lowest BCUT2D eigenvalue weighted by Crippen LogP contribution is -2.25. The van der Waals surface area contributed by atoms with Crippen molar-refractivity contribution in [1.29, 1.82) is 0 Å². The summed E-state index contributed by atoms with van der Waals surface area (Å²) in [6, 6.07) is 65.8. The molecule has 0 aliphatic heterocycles. The maximum absolute atomic E-state index is 5.34. The van der Waals surface area contributed by atoms with E-state index in [2.05, 4.69) is 196 Å². The highest BCUT2D eigenvalue weighted by Gasteiger charge is 2.51. The number of hydrogen-bond acceptors (Lipinski definition) is 1. The lowest BCUT2D eigenvalue weighted by atomic mass is 9.70. The summed E-state index contributed by atoms with van der Waals surface area (Å²) in [7, 11) is 0. The first-order valence-corrected chi connectivity index (χ1v) is 20.2. The molecule has 58 heavy (non-hydrogen) atoms. The van der Waals surface area contributed by atoms with Crippen molar-refractivity contribution in [3.05, 3.63) is 228 Å². The second kappa shape index (κ2) is 12.3. The van der Waals surface area contributed by atoms with Crippen LogP contribution in [0.25, 0.3) is 93.9 Å². The van der Waals surface area contributed by atoms with E-state index in [4.69, 9.17) is 4.98 Å². The van der Waals surface area contributed by atoms with Crippen LogP contribution < -0.4 is 0 Å². The summed E-state index contributed by atoms with van der Waals surface area (Å²) in [5.74, 6) is 0. The SMILES string of the molecule is C=C/C=C\c1ccc2ccc(-c3ccc4c(c3)-c3cc(-c5ccc6c7ccccc7c7ccccc7c6c5)ccc3C43c4ccccc4-c4ccccc43)nc2c1C. The highest BCUT2D eigenvalue weighted by molar-refractivity contribution is 6.25. The fourth-order valence-corrected chi connectivity index (χ4v) is 10.4. The van der Waals surface area contributed by atoms with E-state index in [1.165, 1.54) is 93.5 Å². The number of hydrogen-bond donors (Lipinski definition) is 0. The van der Waals surface area contributed by atoms with Gasteiger partial charge in [-0.1, -0.05) is 176 Å². The first kappa shape index (κ1) is 32.9. The van der Waals surface area contributed by atoms with Crippen molar-refractivity contribution < 1.29 is 0 Å². The van der Waals surface area contributed by atoms with E-state index in [-0.39, 0.29) is 0 Å². The van der Waals surface area contributed by atoms with Gasteiger partial charge >= 0.3 is 0 Å². The molecule has 0 fully saturated rings. The summed E-state index contributed by atoms with van der Waals surface area (Å²) in [6.07, 6.45) is 5.91. The molecule has 0 N–H and O–H groups in total. The Bertz CT molecular complexity index is 3350. The number of aryl methyl sites for hydroxylation is 1. The van der Waals surface area contributed by atoms with Gasteiger partial charge in [-0.3, -0.25) is 0 Å². The third kappa shape index (κ3) is 4.44. The Labute approximate surface area is 337 Å². The van der Waals surface area contributed by atoms with E-state index in [0.29, 0.717) is 0 Å². The molecule has 12 rings (SSSR count). The third-order valence-corrected chi connectivity index (χ3v) is 13.0. The molecule has 0 amide bonds. The Hall–Kier alpha value is -7.35. The predicted molar refractivity (Wildman–Crippen MR) is 245 cm³/mol. The third-order valence-electron chi connectivity index (χ3n) is 13.0. The molecule has 1 heteroatoms. The lowest BCUT2D eigenvalue weighted by Gasteiger charge is -2.30. The van der Waals surface area contributed by atoms with E-state index in [1.807, 2.05) is 12.2 Å². The standard InChI is InChI=1S/C57H37N/c1-3-4-13-36-22-23-37-27-31-55(58-56(37)35(36)2)40-26-30-54-50(34-40)49-33-39(25-29-53(49)57(54)51-20-11-9-18-46(51)47-19-10-12-21-52(47)57)38-24-28-45-43-16-6-5-14-41(43)42-15-7-8-17-44(42)48(45)32-38/h3-34H,1H2,2H3/b13-4-. The van der Waals surface area contributed by atoms with Crippen LogP contribution in [0.15, 0.2) is 195 Å². The predicted octanol–water partition coefficient (Wildman–Crippen LogP) is 14.9. The number of nitrogens with zero attached hydrogens (tertiary/aromatic N) is 1. The van der Waals surface area contributed by atoms with Crippen molar-refractivity contribution in [2.75, 3.05) is 0 Å². The van der Waals surface area contributed by atoms with Gasteiger partial charge in [0.1, 0.15) is 0 Å². The van der Waals surface area contributed by atoms with Crippen LogP contribution in [0.5, 0.6) is 0 Å². The molecule has 270 valence electrons. The number of benzene rings is 9. The van der Waals surface area contributed by atoms with Crippen LogP contribution >= 0.6 is 0 Å². The minimum atomic E-state index is -0.423. The molecule has 9 aromatic carbocycles. The fourth-order valence-electron chi connectivity index (χ4n) is 10.4. The number of aromatic nitrogens is 1. The highest BCUT2D eigenvalue weighted by Crippen LogP contribution is 2.63. The average molecular weight is 736 g/mol. The van der Waals surface area contributed by atoms with Crippen LogP contribution in [0.2, 0.25) is 0 Å². The molecule has 1 aromatic heterocycles. The van der Waals surface area contributed by atoms with E-state index in [0.717, 1.165) is 27.7 Å². The van der Waals surface area contributed by atoms with Gasteiger partial charge < -0.3 is 0 Å². The molecule has 0 saturated carbocycles. The van der Waals surface area contributed by atoms with Crippen molar-refractivity contribution in [2.45, 2.75) is 12.3 Å². The molecule has 1 heterocycles. The van der Waals surface area contributed by atoms with Gasteiger partial charge in [-0.05, 0) is 130 Å². The van der Waals surface area contributed by atoms with Crippen LogP contribution in [0.3, 0.4) is 0 Å².